The zero-order valence-corrected chi connectivity index (χ0v) is 13.7. The molecule has 122 valence electrons. The molecule has 1 unspecified atom stereocenters. The Hall–Kier alpha value is -1.13. The number of aliphatic hydroxyl groups is 1. The molecule has 4 heteroatoms. The van der Waals surface area contributed by atoms with Crippen LogP contribution in [0.25, 0.3) is 0 Å². The highest BCUT2D eigenvalue weighted by Gasteiger charge is 2.30. The van der Waals surface area contributed by atoms with Gasteiger partial charge in [-0.25, -0.2) is 4.98 Å². The fourth-order valence-electron chi connectivity index (χ4n) is 3.89. The Morgan fingerprint density at radius 1 is 1.36 bits per heavy atom. The number of pyridine rings is 1. The third kappa shape index (κ3) is 4.20. The maximum Gasteiger partial charge on any atom is 0.126 e. The topological polar surface area (TPSA) is 48.4 Å². The van der Waals surface area contributed by atoms with Crippen molar-refractivity contribution in [1.82, 2.24) is 9.88 Å². The van der Waals surface area contributed by atoms with Crippen LogP contribution in [-0.4, -0.2) is 47.3 Å². The highest BCUT2D eigenvalue weighted by Crippen LogP contribution is 2.32. The number of rotatable bonds is 6. The summed E-state index contributed by atoms with van der Waals surface area (Å²) in [5, 5.41) is 13.8. The van der Waals surface area contributed by atoms with Gasteiger partial charge in [0, 0.05) is 18.8 Å². The first-order valence-electron chi connectivity index (χ1n) is 8.74. The van der Waals surface area contributed by atoms with E-state index in [9.17, 15) is 5.11 Å². The maximum absolute atomic E-state index is 10.4. The molecule has 1 atom stereocenters. The van der Waals surface area contributed by atoms with Crippen molar-refractivity contribution >= 4 is 5.82 Å². The van der Waals surface area contributed by atoms with E-state index >= 15 is 0 Å². The largest absolute Gasteiger partial charge is 0.390 e. The van der Waals surface area contributed by atoms with Crippen LogP contribution in [0.1, 0.15) is 44.2 Å². The molecule has 0 aromatic carbocycles. The van der Waals surface area contributed by atoms with Crippen LogP contribution in [0.3, 0.4) is 0 Å². The van der Waals surface area contributed by atoms with E-state index < -0.39 is 5.60 Å². The molecule has 1 aliphatic heterocycles. The summed E-state index contributed by atoms with van der Waals surface area (Å²) < 4.78 is 0. The van der Waals surface area contributed by atoms with Crippen molar-refractivity contribution in [3.63, 3.8) is 0 Å². The van der Waals surface area contributed by atoms with Gasteiger partial charge in [-0.1, -0.05) is 18.9 Å². The van der Waals surface area contributed by atoms with E-state index in [1.165, 1.54) is 38.0 Å². The van der Waals surface area contributed by atoms with Crippen LogP contribution in [0.5, 0.6) is 0 Å². The quantitative estimate of drug-likeness (QED) is 0.848. The van der Waals surface area contributed by atoms with Gasteiger partial charge in [0.2, 0.25) is 0 Å². The van der Waals surface area contributed by atoms with Crippen molar-refractivity contribution in [2.45, 2.75) is 50.5 Å². The van der Waals surface area contributed by atoms with Crippen LogP contribution in [0, 0.1) is 5.92 Å². The zero-order valence-electron chi connectivity index (χ0n) is 13.7. The van der Waals surface area contributed by atoms with Crippen molar-refractivity contribution in [3.8, 4) is 0 Å². The molecule has 3 rings (SSSR count). The van der Waals surface area contributed by atoms with Gasteiger partial charge in [-0.05, 0) is 63.7 Å². The first-order valence-corrected chi connectivity index (χ1v) is 8.74. The smallest absolute Gasteiger partial charge is 0.126 e. The molecule has 1 aliphatic carbocycles. The standard InChI is InChI=1S/C18H29N3O/c1-21-12-7-15(14-21)13-16-5-4-6-17(20-16)19-11-10-18(22)8-2-3-9-18/h4-6,15,22H,2-3,7-14H2,1H3,(H,19,20). The number of nitrogens with one attached hydrogen (secondary N) is 1. The lowest BCUT2D eigenvalue weighted by Gasteiger charge is -2.22. The average Bonchev–Trinajstić information content (AvgIpc) is 3.09. The van der Waals surface area contributed by atoms with Crippen molar-refractivity contribution in [1.29, 1.82) is 0 Å². The Kier molecular flexibility index (Phi) is 4.99. The van der Waals surface area contributed by atoms with Crippen LogP contribution < -0.4 is 5.32 Å². The van der Waals surface area contributed by atoms with E-state index in [4.69, 9.17) is 4.98 Å². The summed E-state index contributed by atoms with van der Waals surface area (Å²) in [6.07, 6.45) is 7.42. The van der Waals surface area contributed by atoms with Gasteiger partial charge in [-0.15, -0.1) is 0 Å². The Bertz CT molecular complexity index is 485. The molecule has 2 heterocycles. The van der Waals surface area contributed by atoms with E-state index in [-0.39, 0.29) is 0 Å². The minimum absolute atomic E-state index is 0.432. The molecule has 22 heavy (non-hydrogen) atoms. The van der Waals surface area contributed by atoms with E-state index in [0.29, 0.717) is 0 Å². The van der Waals surface area contributed by atoms with Gasteiger partial charge in [0.25, 0.3) is 0 Å². The molecule has 1 saturated carbocycles. The van der Waals surface area contributed by atoms with Gasteiger partial charge in [0.1, 0.15) is 5.82 Å². The average molecular weight is 303 g/mol. The van der Waals surface area contributed by atoms with Crippen LogP contribution in [0.4, 0.5) is 5.82 Å². The molecule has 0 bridgehead atoms. The SMILES string of the molecule is CN1CCC(Cc2cccc(NCCC3(O)CCCC3)n2)C1. The summed E-state index contributed by atoms with van der Waals surface area (Å²) in [6.45, 7) is 3.20. The monoisotopic (exact) mass is 303 g/mol. The normalized spacial score (nSPS) is 24.7. The minimum atomic E-state index is -0.432. The second-order valence-electron chi connectivity index (χ2n) is 7.24. The minimum Gasteiger partial charge on any atom is -0.390 e. The molecule has 0 amide bonds. The van der Waals surface area contributed by atoms with E-state index in [2.05, 4.69) is 29.4 Å². The predicted molar refractivity (Wildman–Crippen MR) is 90.1 cm³/mol. The van der Waals surface area contributed by atoms with Gasteiger partial charge >= 0.3 is 0 Å². The summed E-state index contributed by atoms with van der Waals surface area (Å²) in [6, 6.07) is 6.25. The number of anilines is 1. The second kappa shape index (κ2) is 6.97. The van der Waals surface area contributed by atoms with Gasteiger partial charge in [-0.2, -0.15) is 0 Å². The highest BCUT2D eigenvalue weighted by molar-refractivity contribution is 5.35. The fourth-order valence-corrected chi connectivity index (χ4v) is 3.89. The Morgan fingerprint density at radius 2 is 2.18 bits per heavy atom. The molecule has 1 saturated heterocycles. The molecule has 0 radical (unpaired) electrons. The molecule has 4 nitrogen and oxygen atoms in total. The van der Waals surface area contributed by atoms with Crippen molar-refractivity contribution in [2.75, 3.05) is 32.0 Å². The van der Waals surface area contributed by atoms with Crippen molar-refractivity contribution in [3.05, 3.63) is 23.9 Å². The first-order chi connectivity index (χ1) is 10.6. The number of hydrogen-bond acceptors (Lipinski definition) is 4. The predicted octanol–water partition coefficient (Wildman–Crippen LogP) is 2.68. The molecule has 2 aliphatic rings. The zero-order chi connectivity index (χ0) is 15.4. The second-order valence-corrected chi connectivity index (χ2v) is 7.24. The third-order valence-electron chi connectivity index (χ3n) is 5.22. The maximum atomic E-state index is 10.4. The molecular weight excluding hydrogens is 274 g/mol. The summed E-state index contributed by atoms with van der Waals surface area (Å²) in [5.74, 6) is 1.69. The van der Waals surface area contributed by atoms with E-state index in [0.717, 1.165) is 44.0 Å². The first kappa shape index (κ1) is 15.8. The molecule has 2 fully saturated rings. The van der Waals surface area contributed by atoms with Gasteiger partial charge in [-0.3, -0.25) is 0 Å². The lowest BCUT2D eigenvalue weighted by atomic mass is 9.98. The summed E-state index contributed by atoms with van der Waals surface area (Å²) in [7, 11) is 2.19. The van der Waals surface area contributed by atoms with Gasteiger partial charge in [0.05, 0.1) is 5.60 Å². The highest BCUT2D eigenvalue weighted by atomic mass is 16.3. The van der Waals surface area contributed by atoms with Crippen molar-refractivity contribution < 1.29 is 5.11 Å². The Morgan fingerprint density at radius 3 is 2.91 bits per heavy atom. The van der Waals surface area contributed by atoms with Crippen LogP contribution >= 0.6 is 0 Å². The summed E-state index contributed by atoms with van der Waals surface area (Å²) >= 11 is 0. The summed E-state index contributed by atoms with van der Waals surface area (Å²) in [4.78, 5) is 7.13. The lowest BCUT2D eigenvalue weighted by molar-refractivity contribution is 0.0424. The van der Waals surface area contributed by atoms with E-state index in [1.54, 1.807) is 0 Å². The van der Waals surface area contributed by atoms with E-state index in [1.807, 2.05) is 6.07 Å². The molecule has 1 aromatic rings. The lowest BCUT2D eigenvalue weighted by Crippen LogP contribution is -2.27. The third-order valence-corrected chi connectivity index (χ3v) is 5.22. The van der Waals surface area contributed by atoms with Gasteiger partial charge < -0.3 is 15.3 Å². The van der Waals surface area contributed by atoms with Crippen molar-refractivity contribution in [2.24, 2.45) is 5.92 Å². The molecule has 1 aromatic heterocycles. The molecule has 0 spiro atoms. The van der Waals surface area contributed by atoms with Crippen LogP contribution in [-0.2, 0) is 6.42 Å². The number of hydrogen-bond donors (Lipinski definition) is 2. The van der Waals surface area contributed by atoms with Crippen LogP contribution in [0.2, 0.25) is 0 Å². The number of nitrogens with zero attached hydrogens (tertiary/aromatic N) is 2. The fraction of sp³-hybridized carbons (Fsp3) is 0.722. The molecular formula is C18H29N3O. The summed E-state index contributed by atoms with van der Waals surface area (Å²) in [5.41, 5.74) is 0.754. The number of aromatic nitrogens is 1. The molecule has 2 N–H and O–H groups in total. The number of likely N-dealkylation sites (tertiary alicyclic amines) is 1. The van der Waals surface area contributed by atoms with Crippen LogP contribution in [0.15, 0.2) is 18.2 Å². The van der Waals surface area contributed by atoms with Gasteiger partial charge in [0.15, 0.2) is 0 Å². The Labute approximate surface area is 133 Å². The Balaban J connectivity index is 1.48.